The SMILES string of the molecule is COCc1ccccc1C#CC1=C(N=C=O)CCC1. The highest BCUT2D eigenvalue weighted by atomic mass is 16.5. The maximum absolute atomic E-state index is 10.3. The van der Waals surface area contributed by atoms with E-state index in [-0.39, 0.29) is 0 Å². The average molecular weight is 253 g/mol. The molecule has 0 aliphatic heterocycles. The van der Waals surface area contributed by atoms with Crippen molar-refractivity contribution in [1.82, 2.24) is 0 Å². The smallest absolute Gasteiger partial charge is 0.240 e. The van der Waals surface area contributed by atoms with E-state index in [1.807, 2.05) is 24.3 Å². The van der Waals surface area contributed by atoms with Gasteiger partial charge in [0.25, 0.3) is 0 Å². The van der Waals surface area contributed by atoms with Crippen molar-refractivity contribution in [2.24, 2.45) is 4.99 Å². The molecular weight excluding hydrogens is 238 g/mol. The van der Waals surface area contributed by atoms with Crippen molar-refractivity contribution in [2.45, 2.75) is 25.9 Å². The molecule has 0 spiro atoms. The zero-order chi connectivity index (χ0) is 13.5. The highest BCUT2D eigenvalue weighted by Gasteiger charge is 2.12. The van der Waals surface area contributed by atoms with Gasteiger partial charge < -0.3 is 4.74 Å². The van der Waals surface area contributed by atoms with Crippen LogP contribution in [0.4, 0.5) is 0 Å². The number of carbonyl (C=O) groups excluding carboxylic acids is 1. The molecule has 1 aromatic rings. The summed E-state index contributed by atoms with van der Waals surface area (Å²) in [6.45, 7) is 0.545. The van der Waals surface area contributed by atoms with Crippen LogP contribution >= 0.6 is 0 Å². The zero-order valence-corrected chi connectivity index (χ0v) is 10.9. The van der Waals surface area contributed by atoms with Gasteiger partial charge in [0.1, 0.15) is 0 Å². The third kappa shape index (κ3) is 3.42. The molecule has 1 aliphatic rings. The van der Waals surface area contributed by atoms with E-state index in [0.29, 0.717) is 6.61 Å². The molecule has 0 aromatic heterocycles. The number of nitrogens with zero attached hydrogens (tertiary/aromatic N) is 1. The Morgan fingerprint density at radius 2 is 2.11 bits per heavy atom. The molecule has 1 aliphatic carbocycles. The van der Waals surface area contributed by atoms with E-state index in [0.717, 1.165) is 41.7 Å². The first-order valence-electron chi connectivity index (χ1n) is 6.24. The van der Waals surface area contributed by atoms with Gasteiger partial charge >= 0.3 is 0 Å². The zero-order valence-electron chi connectivity index (χ0n) is 10.9. The molecular formula is C16H15NO2. The van der Waals surface area contributed by atoms with Crippen molar-refractivity contribution >= 4 is 6.08 Å². The number of hydrogen-bond acceptors (Lipinski definition) is 3. The fraction of sp³-hybridized carbons (Fsp3) is 0.312. The lowest BCUT2D eigenvalue weighted by Crippen LogP contribution is -1.91. The van der Waals surface area contributed by atoms with Gasteiger partial charge in [0.2, 0.25) is 6.08 Å². The Bertz CT molecular complexity index is 599. The maximum atomic E-state index is 10.3. The summed E-state index contributed by atoms with van der Waals surface area (Å²) in [4.78, 5) is 14.1. The molecule has 0 heterocycles. The molecule has 3 heteroatoms. The Hall–Kier alpha value is -2.14. The summed E-state index contributed by atoms with van der Waals surface area (Å²) in [5.74, 6) is 6.28. The molecule has 0 saturated carbocycles. The van der Waals surface area contributed by atoms with Crippen LogP contribution in [0.5, 0.6) is 0 Å². The number of aliphatic imine (C=N–C) groups is 1. The summed E-state index contributed by atoms with van der Waals surface area (Å²) in [5.41, 5.74) is 3.76. The first-order valence-corrected chi connectivity index (χ1v) is 6.24. The van der Waals surface area contributed by atoms with E-state index in [1.54, 1.807) is 13.2 Å². The highest BCUT2D eigenvalue weighted by molar-refractivity contribution is 5.48. The van der Waals surface area contributed by atoms with Crippen LogP contribution in [-0.4, -0.2) is 13.2 Å². The predicted octanol–water partition coefficient (Wildman–Crippen LogP) is 2.96. The van der Waals surface area contributed by atoms with E-state index in [4.69, 9.17) is 4.74 Å². The standard InChI is InChI=1S/C16H15NO2/c1-19-11-15-6-3-2-5-13(15)9-10-14-7-4-8-16(14)17-12-18/h2-3,5-6H,4,7-8,11H2,1H3. The molecule has 0 radical (unpaired) electrons. The van der Waals surface area contributed by atoms with E-state index in [2.05, 4.69) is 16.8 Å². The number of isocyanates is 1. The minimum atomic E-state index is 0.545. The molecule has 19 heavy (non-hydrogen) atoms. The van der Waals surface area contributed by atoms with Crippen molar-refractivity contribution in [3.05, 3.63) is 46.7 Å². The Kier molecular flexibility index (Phi) is 4.69. The van der Waals surface area contributed by atoms with Gasteiger partial charge in [0, 0.05) is 18.2 Å². The molecule has 3 nitrogen and oxygen atoms in total. The lowest BCUT2D eigenvalue weighted by Gasteiger charge is -2.02. The number of allylic oxidation sites excluding steroid dienone is 2. The average Bonchev–Trinajstić information content (AvgIpc) is 2.86. The lowest BCUT2D eigenvalue weighted by molar-refractivity contribution is 0.184. The minimum Gasteiger partial charge on any atom is -0.380 e. The summed E-state index contributed by atoms with van der Waals surface area (Å²) >= 11 is 0. The van der Waals surface area contributed by atoms with E-state index < -0.39 is 0 Å². The predicted molar refractivity (Wildman–Crippen MR) is 73.0 cm³/mol. The maximum Gasteiger partial charge on any atom is 0.240 e. The second-order valence-electron chi connectivity index (χ2n) is 4.32. The van der Waals surface area contributed by atoms with Gasteiger partial charge in [-0.05, 0) is 30.9 Å². The Morgan fingerprint density at radius 3 is 2.89 bits per heavy atom. The fourth-order valence-corrected chi connectivity index (χ4v) is 2.11. The number of benzene rings is 1. The van der Waals surface area contributed by atoms with Gasteiger partial charge in [-0.25, -0.2) is 4.79 Å². The second kappa shape index (κ2) is 6.70. The second-order valence-corrected chi connectivity index (χ2v) is 4.32. The van der Waals surface area contributed by atoms with E-state index in [9.17, 15) is 4.79 Å². The molecule has 2 rings (SSSR count). The first-order chi connectivity index (χ1) is 9.35. The van der Waals surface area contributed by atoms with Gasteiger partial charge in [-0.2, -0.15) is 4.99 Å². The Labute approximate surface area is 113 Å². The molecule has 96 valence electrons. The monoisotopic (exact) mass is 253 g/mol. The van der Waals surface area contributed by atoms with E-state index >= 15 is 0 Å². The van der Waals surface area contributed by atoms with E-state index in [1.165, 1.54) is 0 Å². The Balaban J connectivity index is 2.29. The topological polar surface area (TPSA) is 38.7 Å². The van der Waals surface area contributed by atoms with Crippen molar-refractivity contribution < 1.29 is 9.53 Å². The number of hydrogen-bond donors (Lipinski definition) is 0. The first kappa shape index (κ1) is 13.3. The fourth-order valence-electron chi connectivity index (χ4n) is 2.11. The summed E-state index contributed by atoms with van der Waals surface area (Å²) in [6, 6.07) is 7.90. The summed E-state index contributed by atoms with van der Waals surface area (Å²) < 4.78 is 5.15. The Morgan fingerprint density at radius 1 is 1.26 bits per heavy atom. The summed E-state index contributed by atoms with van der Waals surface area (Å²) in [7, 11) is 1.67. The van der Waals surface area contributed by atoms with Crippen LogP contribution in [0.2, 0.25) is 0 Å². The molecule has 0 bridgehead atoms. The van der Waals surface area contributed by atoms with Crippen LogP contribution in [0, 0.1) is 11.8 Å². The van der Waals surface area contributed by atoms with Crippen molar-refractivity contribution in [3.63, 3.8) is 0 Å². The molecule has 0 saturated heterocycles. The normalized spacial score (nSPS) is 13.7. The van der Waals surface area contributed by atoms with Gasteiger partial charge in [0.05, 0.1) is 12.3 Å². The minimum absolute atomic E-state index is 0.545. The van der Waals surface area contributed by atoms with Gasteiger partial charge in [-0.1, -0.05) is 30.0 Å². The third-order valence-electron chi connectivity index (χ3n) is 3.03. The van der Waals surface area contributed by atoms with Crippen LogP contribution in [0.15, 0.2) is 40.5 Å². The van der Waals surface area contributed by atoms with Gasteiger partial charge in [-0.15, -0.1) is 0 Å². The van der Waals surface area contributed by atoms with Gasteiger partial charge in [-0.3, -0.25) is 0 Å². The van der Waals surface area contributed by atoms with Crippen molar-refractivity contribution in [1.29, 1.82) is 0 Å². The van der Waals surface area contributed by atoms with Crippen molar-refractivity contribution in [3.8, 4) is 11.8 Å². The van der Waals surface area contributed by atoms with Crippen LogP contribution in [0.3, 0.4) is 0 Å². The molecule has 0 unspecified atom stereocenters. The third-order valence-corrected chi connectivity index (χ3v) is 3.03. The summed E-state index contributed by atoms with van der Waals surface area (Å²) in [6.07, 6.45) is 4.31. The number of ether oxygens (including phenoxy) is 1. The van der Waals surface area contributed by atoms with Crippen LogP contribution in [0.1, 0.15) is 30.4 Å². The molecule has 1 aromatic carbocycles. The largest absolute Gasteiger partial charge is 0.380 e. The van der Waals surface area contributed by atoms with Crippen LogP contribution in [-0.2, 0) is 16.1 Å². The number of methoxy groups -OCH3 is 1. The molecule has 0 amide bonds. The van der Waals surface area contributed by atoms with Crippen LogP contribution in [0.25, 0.3) is 0 Å². The molecule has 0 fully saturated rings. The number of rotatable bonds is 3. The van der Waals surface area contributed by atoms with Gasteiger partial charge in [0.15, 0.2) is 0 Å². The molecule has 0 N–H and O–H groups in total. The molecule has 0 atom stereocenters. The lowest BCUT2D eigenvalue weighted by atomic mass is 10.1. The van der Waals surface area contributed by atoms with Crippen LogP contribution < -0.4 is 0 Å². The summed E-state index contributed by atoms with van der Waals surface area (Å²) in [5, 5.41) is 0. The van der Waals surface area contributed by atoms with Crippen molar-refractivity contribution in [2.75, 3.05) is 7.11 Å². The highest BCUT2D eigenvalue weighted by Crippen LogP contribution is 2.26. The quantitative estimate of drug-likeness (QED) is 0.472.